The Balaban J connectivity index is 3.70. The van der Waals surface area contributed by atoms with Crippen molar-refractivity contribution in [1.29, 1.82) is 0 Å². The lowest BCUT2D eigenvalue weighted by molar-refractivity contribution is -1.10. The van der Waals surface area contributed by atoms with Gasteiger partial charge in [-0.1, -0.05) is 168 Å². The Morgan fingerprint density at radius 2 is 0.475 bits per heavy atom. The number of nitrogens with zero attached hydrogens (tertiary/aromatic N) is 2. The highest BCUT2D eigenvalue weighted by atomic mass is 15.5. The van der Waals surface area contributed by atoms with Gasteiger partial charge < -0.3 is 0 Å². The third-order valence-corrected chi connectivity index (χ3v) is 10.2. The predicted molar refractivity (Wildman–Crippen MR) is 184 cm³/mol. The molecule has 0 rings (SSSR count). The van der Waals surface area contributed by atoms with E-state index in [1.165, 1.54) is 202 Å². The Kier molecular flexibility index (Phi) is 27.7. The molecule has 0 aromatic rings. The highest BCUT2D eigenvalue weighted by Gasteiger charge is 2.36. The van der Waals surface area contributed by atoms with Crippen molar-refractivity contribution in [1.82, 2.24) is 0 Å². The maximum atomic E-state index is 2.51. The molecule has 0 fully saturated rings. The van der Waals surface area contributed by atoms with Crippen LogP contribution in [0.1, 0.15) is 201 Å². The number of unbranched alkanes of at least 4 members (excludes halogenated alkanes) is 26. The molecule has 40 heavy (non-hydrogen) atoms. The third-order valence-electron chi connectivity index (χ3n) is 10.2. The zero-order chi connectivity index (χ0) is 29.8. The predicted octanol–water partition coefficient (Wildman–Crippen LogP) is 12.4. The summed E-state index contributed by atoms with van der Waals surface area (Å²) in [6.45, 7) is 9.79. The first-order chi connectivity index (χ1) is 19.3. The van der Waals surface area contributed by atoms with Gasteiger partial charge in [0.1, 0.15) is 0 Å². The van der Waals surface area contributed by atoms with Crippen LogP contribution in [0.5, 0.6) is 0 Å². The van der Waals surface area contributed by atoms with Gasteiger partial charge >= 0.3 is 0 Å². The lowest BCUT2D eigenvalue weighted by atomic mass is 10.0. The highest BCUT2D eigenvalue weighted by molar-refractivity contribution is 4.52. The summed E-state index contributed by atoms with van der Waals surface area (Å²) in [5, 5.41) is 0. The van der Waals surface area contributed by atoms with Gasteiger partial charge in [0, 0.05) is 6.92 Å². The summed E-state index contributed by atoms with van der Waals surface area (Å²) in [7, 11) is 9.94. The van der Waals surface area contributed by atoms with E-state index in [1.807, 2.05) is 0 Å². The van der Waals surface area contributed by atoms with Crippen molar-refractivity contribution in [2.24, 2.45) is 0 Å². The first kappa shape index (κ1) is 39.9. The molecule has 0 amide bonds. The molecule has 0 heterocycles. The van der Waals surface area contributed by atoms with Gasteiger partial charge in [-0.3, -0.25) is 8.97 Å². The van der Waals surface area contributed by atoms with Crippen LogP contribution in [0, 0.1) is 0 Å². The van der Waals surface area contributed by atoms with E-state index < -0.39 is 0 Å². The minimum atomic E-state index is 0.670. The van der Waals surface area contributed by atoms with Gasteiger partial charge in [-0.2, -0.15) is 0 Å². The molecule has 0 saturated heterocycles. The van der Waals surface area contributed by atoms with E-state index in [9.17, 15) is 0 Å². The largest absolute Gasteiger partial charge is 0.280 e. The third kappa shape index (κ3) is 24.5. The lowest BCUT2D eigenvalue weighted by Gasteiger charge is -2.45. The fourth-order valence-corrected chi connectivity index (χ4v) is 6.65. The van der Waals surface area contributed by atoms with Crippen molar-refractivity contribution in [2.45, 2.75) is 207 Å². The molecule has 0 aliphatic rings. The van der Waals surface area contributed by atoms with Crippen LogP contribution in [0.3, 0.4) is 0 Å². The number of hydrogen-bond acceptors (Lipinski definition) is 0. The van der Waals surface area contributed by atoms with Crippen LogP contribution in [-0.4, -0.2) is 56.4 Å². The Labute approximate surface area is 256 Å². The van der Waals surface area contributed by atoms with Gasteiger partial charge in [-0.25, -0.2) is 0 Å². The molecule has 0 aromatic heterocycles. The molecule has 0 spiro atoms. The van der Waals surface area contributed by atoms with Crippen molar-refractivity contribution in [2.75, 3.05) is 41.3 Å². The molecule has 0 N–H and O–H groups in total. The van der Waals surface area contributed by atoms with E-state index >= 15 is 0 Å². The molecule has 0 aliphatic heterocycles. The number of rotatable bonds is 32. The zero-order valence-electron chi connectivity index (χ0n) is 29.7. The van der Waals surface area contributed by atoms with Crippen molar-refractivity contribution in [3.05, 3.63) is 0 Å². The second-order valence-electron chi connectivity index (χ2n) is 14.8. The second-order valence-corrected chi connectivity index (χ2v) is 14.8. The molecular weight excluding hydrogens is 484 g/mol. The van der Waals surface area contributed by atoms with Crippen molar-refractivity contribution < 1.29 is 8.97 Å². The molecule has 0 aliphatic carbocycles. The molecule has 2 heteroatoms. The molecular formula is C38H82N2+2. The van der Waals surface area contributed by atoms with Crippen molar-refractivity contribution in [3.63, 3.8) is 0 Å². The molecule has 242 valence electrons. The van der Waals surface area contributed by atoms with Crippen LogP contribution in [0.25, 0.3) is 0 Å². The van der Waals surface area contributed by atoms with Crippen LogP contribution >= 0.6 is 0 Å². The van der Waals surface area contributed by atoms with E-state index in [4.69, 9.17) is 0 Å². The molecule has 0 radical (unpaired) electrons. The zero-order valence-corrected chi connectivity index (χ0v) is 29.7. The van der Waals surface area contributed by atoms with Crippen LogP contribution < -0.4 is 0 Å². The summed E-state index contributed by atoms with van der Waals surface area (Å²) >= 11 is 0. The Hall–Kier alpha value is -0.0800. The monoisotopic (exact) mass is 567 g/mol. The molecule has 0 bridgehead atoms. The fraction of sp³-hybridized carbons (Fsp3) is 1.00. The molecule has 0 saturated carbocycles. The van der Waals surface area contributed by atoms with E-state index in [1.54, 1.807) is 0 Å². The topological polar surface area (TPSA) is 0 Å². The van der Waals surface area contributed by atoms with Gasteiger partial charge in [0.05, 0.1) is 41.3 Å². The normalized spacial score (nSPS) is 12.6. The second kappa shape index (κ2) is 27.7. The molecule has 0 atom stereocenters. The van der Waals surface area contributed by atoms with Gasteiger partial charge in [0.25, 0.3) is 0 Å². The lowest BCUT2D eigenvalue weighted by Crippen LogP contribution is -2.63. The van der Waals surface area contributed by atoms with Gasteiger partial charge in [-0.05, 0) is 25.7 Å². The SMILES string of the molecule is CCCCCCCCCCCCCCCC[N+](C)(C)C(C)[N+](C)(C)CCCCCCCCCCCCCCCC. The Morgan fingerprint density at radius 1 is 0.300 bits per heavy atom. The van der Waals surface area contributed by atoms with E-state index in [0.29, 0.717) is 6.17 Å². The minimum absolute atomic E-state index is 0.670. The first-order valence-corrected chi connectivity index (χ1v) is 18.9. The van der Waals surface area contributed by atoms with Gasteiger partial charge in [-0.15, -0.1) is 0 Å². The average Bonchev–Trinajstić information content (AvgIpc) is 2.93. The van der Waals surface area contributed by atoms with Crippen LogP contribution in [-0.2, 0) is 0 Å². The van der Waals surface area contributed by atoms with E-state index in [2.05, 4.69) is 49.0 Å². The number of quaternary nitrogens is 2. The van der Waals surface area contributed by atoms with Gasteiger partial charge in [0.15, 0.2) is 0 Å². The molecule has 0 aromatic carbocycles. The van der Waals surface area contributed by atoms with E-state index in [0.717, 1.165) is 0 Å². The van der Waals surface area contributed by atoms with E-state index in [-0.39, 0.29) is 0 Å². The number of hydrogen-bond donors (Lipinski definition) is 0. The smallest absolute Gasteiger partial charge is 0.213 e. The molecule has 0 unspecified atom stereocenters. The van der Waals surface area contributed by atoms with Crippen molar-refractivity contribution >= 4 is 0 Å². The quantitative estimate of drug-likeness (QED) is 0.0431. The summed E-state index contributed by atoms with van der Waals surface area (Å²) in [6.07, 6.45) is 41.3. The first-order valence-electron chi connectivity index (χ1n) is 18.9. The summed E-state index contributed by atoms with van der Waals surface area (Å²) in [4.78, 5) is 0. The van der Waals surface area contributed by atoms with Gasteiger partial charge in [0.2, 0.25) is 6.17 Å². The fourth-order valence-electron chi connectivity index (χ4n) is 6.65. The van der Waals surface area contributed by atoms with Crippen molar-refractivity contribution in [3.8, 4) is 0 Å². The minimum Gasteiger partial charge on any atom is -0.280 e. The Bertz CT molecular complexity index is 454. The maximum Gasteiger partial charge on any atom is 0.213 e. The Morgan fingerprint density at radius 3 is 0.675 bits per heavy atom. The van der Waals surface area contributed by atoms with Crippen LogP contribution in [0.15, 0.2) is 0 Å². The highest BCUT2D eigenvalue weighted by Crippen LogP contribution is 2.21. The summed E-state index contributed by atoms with van der Waals surface area (Å²) in [5.74, 6) is 0. The summed E-state index contributed by atoms with van der Waals surface area (Å²) in [5.41, 5.74) is 0. The molecule has 2 nitrogen and oxygen atoms in total. The van der Waals surface area contributed by atoms with Crippen LogP contribution in [0.4, 0.5) is 0 Å². The average molecular weight is 567 g/mol. The summed E-state index contributed by atoms with van der Waals surface area (Å²) < 4.78 is 2.34. The summed E-state index contributed by atoms with van der Waals surface area (Å²) in [6, 6.07) is 0. The standard InChI is InChI=1S/C38H82N2/c1-8-10-12-14-16-18-20-22-24-26-28-30-32-34-36-39(4,5)38(3)40(6,7)37-35-33-31-29-27-25-23-21-19-17-15-13-11-9-2/h38H,8-37H2,1-7H3/q+2. The maximum absolute atomic E-state index is 2.51. The van der Waals surface area contributed by atoms with Crippen LogP contribution in [0.2, 0.25) is 0 Å².